The van der Waals surface area contributed by atoms with E-state index >= 15 is 0 Å². The third kappa shape index (κ3) is 5.45. The van der Waals surface area contributed by atoms with Gasteiger partial charge in [-0.15, -0.1) is 0 Å². The van der Waals surface area contributed by atoms with Crippen molar-refractivity contribution >= 4 is 27.3 Å². The monoisotopic (exact) mass is 368 g/mol. The maximum atomic E-state index is 12.3. The molecule has 0 saturated carbocycles. The van der Waals surface area contributed by atoms with Crippen LogP contribution >= 0.6 is 0 Å². The summed E-state index contributed by atoms with van der Waals surface area (Å²) in [6, 6.07) is 6.62. The van der Waals surface area contributed by atoms with E-state index < -0.39 is 21.8 Å². The molecule has 8 heteroatoms. The first-order chi connectivity index (χ1) is 11.7. The van der Waals surface area contributed by atoms with Gasteiger partial charge in [0.15, 0.2) is 9.84 Å². The molecule has 25 heavy (non-hydrogen) atoms. The number of para-hydroxylation sites is 2. The summed E-state index contributed by atoms with van der Waals surface area (Å²) < 4.78 is 28.7. The van der Waals surface area contributed by atoms with Gasteiger partial charge in [0.25, 0.3) is 0 Å². The van der Waals surface area contributed by atoms with Crippen molar-refractivity contribution in [2.24, 2.45) is 0 Å². The molecule has 0 spiro atoms. The number of anilines is 1. The third-order valence-corrected chi connectivity index (χ3v) is 5.57. The molecule has 1 heterocycles. The van der Waals surface area contributed by atoms with Gasteiger partial charge < -0.3 is 10.1 Å². The average molecular weight is 368 g/mol. The Bertz CT molecular complexity index is 745. The first-order valence-electron chi connectivity index (χ1n) is 8.21. The van der Waals surface area contributed by atoms with Gasteiger partial charge >= 0.3 is 0 Å². The van der Waals surface area contributed by atoms with Crippen LogP contribution in [0.3, 0.4) is 0 Å². The Morgan fingerprint density at radius 3 is 2.56 bits per heavy atom. The van der Waals surface area contributed by atoms with Gasteiger partial charge in [0.2, 0.25) is 11.8 Å². The minimum atomic E-state index is -3.07. The SMILES string of the molecule is CC(=O)N(CC(=O)NC1CCS(=O)(=O)C1)c1ccccc1OC(C)C. The molecule has 7 nitrogen and oxygen atoms in total. The van der Waals surface area contributed by atoms with Crippen LogP contribution in [0.25, 0.3) is 0 Å². The van der Waals surface area contributed by atoms with Gasteiger partial charge in [-0.1, -0.05) is 12.1 Å². The molecular formula is C17H24N2O5S. The quantitative estimate of drug-likeness (QED) is 0.812. The van der Waals surface area contributed by atoms with Crippen LogP contribution in [-0.4, -0.2) is 50.4 Å². The van der Waals surface area contributed by atoms with Gasteiger partial charge in [0, 0.05) is 13.0 Å². The number of nitrogens with one attached hydrogen (secondary N) is 1. The first-order valence-corrected chi connectivity index (χ1v) is 10.0. The number of hydrogen-bond acceptors (Lipinski definition) is 5. The second kappa shape index (κ2) is 7.86. The van der Waals surface area contributed by atoms with Crippen molar-refractivity contribution in [3.63, 3.8) is 0 Å². The van der Waals surface area contributed by atoms with Crippen LogP contribution in [0.5, 0.6) is 5.75 Å². The number of rotatable bonds is 6. The summed E-state index contributed by atoms with van der Waals surface area (Å²) in [5, 5.41) is 2.70. The lowest BCUT2D eigenvalue weighted by Gasteiger charge is -2.24. The van der Waals surface area contributed by atoms with Crippen molar-refractivity contribution in [1.29, 1.82) is 0 Å². The molecule has 1 aromatic rings. The fourth-order valence-corrected chi connectivity index (χ4v) is 4.40. The number of hydrogen-bond donors (Lipinski definition) is 1. The van der Waals surface area contributed by atoms with Crippen molar-refractivity contribution in [3.8, 4) is 5.75 Å². The Hall–Kier alpha value is -2.09. The molecule has 2 rings (SSSR count). The Balaban J connectivity index is 2.11. The van der Waals surface area contributed by atoms with Crippen molar-refractivity contribution in [3.05, 3.63) is 24.3 Å². The molecule has 1 aromatic carbocycles. The van der Waals surface area contributed by atoms with Crippen molar-refractivity contribution in [1.82, 2.24) is 5.32 Å². The van der Waals surface area contributed by atoms with Crippen molar-refractivity contribution in [2.75, 3.05) is 23.0 Å². The van der Waals surface area contributed by atoms with Crippen LogP contribution in [0.15, 0.2) is 24.3 Å². The minimum Gasteiger partial charge on any atom is -0.489 e. The normalized spacial score (nSPS) is 18.8. The Morgan fingerprint density at radius 1 is 1.32 bits per heavy atom. The van der Waals surface area contributed by atoms with E-state index in [0.717, 1.165) is 0 Å². The fraction of sp³-hybridized carbons (Fsp3) is 0.529. The van der Waals surface area contributed by atoms with Gasteiger partial charge in [-0.05, 0) is 32.4 Å². The highest BCUT2D eigenvalue weighted by Gasteiger charge is 2.29. The Morgan fingerprint density at radius 2 is 2.00 bits per heavy atom. The van der Waals surface area contributed by atoms with Crippen molar-refractivity contribution < 1.29 is 22.7 Å². The predicted molar refractivity (Wildman–Crippen MR) is 95.4 cm³/mol. The number of benzene rings is 1. The fourth-order valence-electron chi connectivity index (χ4n) is 2.73. The molecule has 2 amide bonds. The zero-order valence-electron chi connectivity index (χ0n) is 14.7. The standard InChI is InChI=1S/C17H24N2O5S/c1-12(2)24-16-7-5-4-6-15(16)19(13(3)20)10-17(21)18-14-8-9-25(22,23)11-14/h4-7,12,14H,8-11H2,1-3H3,(H,18,21). The third-order valence-electron chi connectivity index (χ3n) is 3.80. The van der Waals surface area contributed by atoms with Crippen LogP contribution in [0.2, 0.25) is 0 Å². The molecule has 1 aliphatic rings. The van der Waals surface area contributed by atoms with Gasteiger partial charge in [-0.25, -0.2) is 8.42 Å². The highest BCUT2D eigenvalue weighted by Crippen LogP contribution is 2.29. The molecule has 0 aromatic heterocycles. The summed E-state index contributed by atoms with van der Waals surface area (Å²) in [6.07, 6.45) is 0.328. The van der Waals surface area contributed by atoms with Gasteiger partial charge in [-0.3, -0.25) is 14.5 Å². The predicted octanol–water partition coefficient (Wildman–Crippen LogP) is 1.13. The van der Waals surface area contributed by atoms with Crippen LogP contribution in [0.1, 0.15) is 27.2 Å². The lowest BCUT2D eigenvalue weighted by atomic mass is 10.2. The lowest BCUT2D eigenvalue weighted by Crippen LogP contribution is -2.44. The maximum Gasteiger partial charge on any atom is 0.240 e. The van der Waals surface area contributed by atoms with Crippen LogP contribution in [0, 0.1) is 0 Å². The highest BCUT2D eigenvalue weighted by atomic mass is 32.2. The molecule has 0 radical (unpaired) electrons. The van der Waals surface area contributed by atoms with Crippen LogP contribution in [0.4, 0.5) is 5.69 Å². The molecule has 0 aliphatic carbocycles. The Labute approximate surface area is 148 Å². The highest BCUT2D eigenvalue weighted by molar-refractivity contribution is 7.91. The maximum absolute atomic E-state index is 12.3. The van der Waals surface area contributed by atoms with E-state index in [0.29, 0.717) is 17.9 Å². The Kier molecular flexibility index (Phi) is 6.05. The van der Waals surface area contributed by atoms with Crippen LogP contribution in [-0.2, 0) is 19.4 Å². The molecule has 138 valence electrons. The number of carbonyl (C=O) groups is 2. The topological polar surface area (TPSA) is 92.8 Å². The second-order valence-electron chi connectivity index (χ2n) is 6.41. The van der Waals surface area contributed by atoms with Crippen LogP contribution < -0.4 is 15.0 Å². The summed E-state index contributed by atoms with van der Waals surface area (Å²) in [4.78, 5) is 25.7. The zero-order valence-corrected chi connectivity index (χ0v) is 15.5. The molecule has 1 aliphatic heterocycles. The zero-order chi connectivity index (χ0) is 18.6. The molecular weight excluding hydrogens is 344 g/mol. The lowest BCUT2D eigenvalue weighted by molar-refractivity contribution is -0.123. The summed E-state index contributed by atoms with van der Waals surface area (Å²) >= 11 is 0. The number of ether oxygens (including phenoxy) is 1. The summed E-state index contributed by atoms with van der Waals surface area (Å²) in [5.74, 6) is -0.139. The van der Waals surface area contributed by atoms with Gasteiger partial charge in [-0.2, -0.15) is 0 Å². The van der Waals surface area contributed by atoms with E-state index in [4.69, 9.17) is 4.74 Å². The largest absolute Gasteiger partial charge is 0.489 e. The molecule has 1 unspecified atom stereocenters. The number of nitrogens with zero attached hydrogens (tertiary/aromatic N) is 1. The molecule has 1 atom stereocenters. The van der Waals surface area contributed by atoms with E-state index in [9.17, 15) is 18.0 Å². The molecule has 1 N–H and O–H groups in total. The van der Waals surface area contributed by atoms with E-state index in [1.807, 2.05) is 13.8 Å². The second-order valence-corrected chi connectivity index (χ2v) is 8.64. The summed E-state index contributed by atoms with van der Waals surface area (Å²) in [5.41, 5.74) is 0.512. The smallest absolute Gasteiger partial charge is 0.240 e. The van der Waals surface area contributed by atoms with E-state index in [-0.39, 0.29) is 30.1 Å². The molecule has 0 bridgehead atoms. The van der Waals surface area contributed by atoms with Gasteiger partial charge in [0.1, 0.15) is 12.3 Å². The first kappa shape index (κ1) is 19.2. The molecule has 1 saturated heterocycles. The minimum absolute atomic E-state index is 0.0497. The number of carbonyl (C=O) groups excluding carboxylic acids is 2. The summed E-state index contributed by atoms with van der Waals surface area (Å²) in [7, 11) is -3.07. The number of amides is 2. The summed E-state index contributed by atoms with van der Waals surface area (Å²) in [6.45, 7) is 4.94. The average Bonchev–Trinajstić information content (AvgIpc) is 2.83. The van der Waals surface area contributed by atoms with Crippen molar-refractivity contribution in [2.45, 2.75) is 39.3 Å². The van der Waals surface area contributed by atoms with Gasteiger partial charge in [0.05, 0.1) is 23.3 Å². The van der Waals surface area contributed by atoms with E-state index in [1.165, 1.54) is 11.8 Å². The van der Waals surface area contributed by atoms with E-state index in [2.05, 4.69) is 5.32 Å². The number of sulfone groups is 1. The molecule has 1 fully saturated rings. The van der Waals surface area contributed by atoms with E-state index in [1.54, 1.807) is 24.3 Å².